The predicted octanol–water partition coefficient (Wildman–Crippen LogP) is 1.18. The maximum atomic E-state index is 10.9. The van der Waals surface area contributed by atoms with Gasteiger partial charge in [0.05, 0.1) is 12.1 Å². The van der Waals surface area contributed by atoms with Gasteiger partial charge in [0.1, 0.15) is 12.4 Å². The molecule has 1 atom stereocenters. The van der Waals surface area contributed by atoms with Crippen LogP contribution in [0.1, 0.15) is 15.9 Å². The molecule has 2 N–H and O–H groups in total. The number of carbonyl (C=O) groups excluding carboxylic acids is 1. The van der Waals surface area contributed by atoms with Crippen molar-refractivity contribution in [1.29, 1.82) is 0 Å². The second kappa shape index (κ2) is 4.95. The molecule has 0 bridgehead atoms. The van der Waals surface area contributed by atoms with E-state index in [1.807, 2.05) is 0 Å². The Balaban J connectivity index is 2.03. The summed E-state index contributed by atoms with van der Waals surface area (Å²) in [6, 6.07) is 4.82. The number of carbonyl (C=O) groups is 2. The Hall–Kier alpha value is -2.24. The molecular formula is C12H13NO5. The van der Waals surface area contributed by atoms with Gasteiger partial charge in [0.25, 0.3) is 0 Å². The van der Waals surface area contributed by atoms with Gasteiger partial charge in [-0.1, -0.05) is 6.07 Å². The molecule has 96 valence electrons. The van der Waals surface area contributed by atoms with Crippen LogP contribution in [0.15, 0.2) is 18.2 Å². The van der Waals surface area contributed by atoms with Crippen molar-refractivity contribution in [2.24, 2.45) is 0 Å². The third-order valence-corrected chi connectivity index (χ3v) is 2.69. The Bertz CT molecular complexity index is 485. The molecule has 0 spiro atoms. The molecule has 1 saturated heterocycles. The van der Waals surface area contributed by atoms with Gasteiger partial charge in [-0.05, 0) is 19.1 Å². The molecular weight excluding hydrogens is 238 g/mol. The van der Waals surface area contributed by atoms with Crippen LogP contribution in [0.4, 0.5) is 4.79 Å². The maximum Gasteiger partial charge on any atom is 0.407 e. The van der Waals surface area contributed by atoms with E-state index >= 15 is 0 Å². The fourth-order valence-corrected chi connectivity index (χ4v) is 1.71. The summed E-state index contributed by atoms with van der Waals surface area (Å²) in [5.41, 5.74) is 0.760. The fraction of sp³-hybridized carbons (Fsp3) is 0.333. The van der Waals surface area contributed by atoms with Gasteiger partial charge < -0.3 is 19.9 Å². The van der Waals surface area contributed by atoms with Crippen LogP contribution in [0.5, 0.6) is 5.75 Å². The van der Waals surface area contributed by atoms with Crippen molar-refractivity contribution in [3.8, 4) is 5.75 Å². The molecule has 1 aromatic rings. The number of hydrogen-bond acceptors (Lipinski definition) is 4. The first-order valence-electron chi connectivity index (χ1n) is 5.48. The minimum Gasteiger partial charge on any atom is -0.489 e. The lowest BCUT2D eigenvalue weighted by Gasteiger charge is -2.13. The summed E-state index contributed by atoms with van der Waals surface area (Å²) in [6.07, 6.45) is -0.801. The number of carboxylic acids is 1. The summed E-state index contributed by atoms with van der Waals surface area (Å²) in [6.45, 7) is 2.27. The van der Waals surface area contributed by atoms with E-state index in [1.165, 1.54) is 6.07 Å². The zero-order valence-corrected chi connectivity index (χ0v) is 9.80. The van der Waals surface area contributed by atoms with Gasteiger partial charge in [-0.2, -0.15) is 0 Å². The number of nitrogens with one attached hydrogen (secondary N) is 1. The first-order valence-corrected chi connectivity index (χ1v) is 5.48. The fourth-order valence-electron chi connectivity index (χ4n) is 1.71. The Morgan fingerprint density at radius 1 is 1.61 bits per heavy atom. The largest absolute Gasteiger partial charge is 0.489 e. The molecule has 1 aliphatic rings. The van der Waals surface area contributed by atoms with Crippen LogP contribution in [-0.2, 0) is 4.74 Å². The van der Waals surface area contributed by atoms with Gasteiger partial charge in [-0.15, -0.1) is 0 Å². The summed E-state index contributed by atoms with van der Waals surface area (Å²) in [5, 5.41) is 11.5. The van der Waals surface area contributed by atoms with Gasteiger partial charge in [0, 0.05) is 5.56 Å². The van der Waals surface area contributed by atoms with Crippen molar-refractivity contribution in [1.82, 2.24) is 5.32 Å². The van der Waals surface area contributed by atoms with E-state index in [-0.39, 0.29) is 18.3 Å². The Morgan fingerprint density at radius 3 is 3.00 bits per heavy atom. The van der Waals surface area contributed by atoms with Crippen LogP contribution in [-0.4, -0.2) is 36.4 Å². The lowest BCUT2D eigenvalue weighted by molar-refractivity contribution is 0.0695. The first-order chi connectivity index (χ1) is 8.58. The Labute approximate surface area is 104 Å². The number of cyclic esters (lactones) is 1. The van der Waals surface area contributed by atoms with Crippen molar-refractivity contribution in [2.45, 2.75) is 13.0 Å². The second-order valence-electron chi connectivity index (χ2n) is 3.95. The van der Waals surface area contributed by atoms with Crippen LogP contribution in [0.25, 0.3) is 0 Å². The number of benzene rings is 1. The molecule has 1 fully saturated rings. The van der Waals surface area contributed by atoms with E-state index in [9.17, 15) is 9.59 Å². The van der Waals surface area contributed by atoms with Crippen LogP contribution < -0.4 is 10.1 Å². The van der Waals surface area contributed by atoms with Crippen molar-refractivity contribution < 1.29 is 24.2 Å². The third kappa shape index (κ3) is 2.53. The highest BCUT2D eigenvalue weighted by Crippen LogP contribution is 2.21. The number of amides is 1. The molecule has 1 heterocycles. The molecule has 0 aromatic heterocycles. The number of alkyl carbamates (subject to hydrolysis) is 1. The summed E-state index contributed by atoms with van der Waals surface area (Å²) in [7, 11) is 0. The number of carboxylic acid groups (broad SMARTS) is 1. The van der Waals surface area contributed by atoms with Crippen molar-refractivity contribution >= 4 is 12.1 Å². The standard InChI is InChI=1S/C12H13NO5/c1-7-9(11(14)15)3-2-4-10(7)17-6-8-5-13-12(16)18-8/h2-4,8H,5-6H2,1H3,(H,13,16)(H,14,15). The van der Waals surface area contributed by atoms with Gasteiger partial charge in [-0.25, -0.2) is 9.59 Å². The Morgan fingerprint density at radius 2 is 2.39 bits per heavy atom. The summed E-state index contributed by atoms with van der Waals surface area (Å²) < 4.78 is 10.4. The van der Waals surface area contributed by atoms with E-state index in [0.29, 0.717) is 17.9 Å². The van der Waals surface area contributed by atoms with Crippen molar-refractivity contribution in [3.63, 3.8) is 0 Å². The lowest BCUT2D eigenvalue weighted by Crippen LogP contribution is -2.22. The van der Waals surface area contributed by atoms with Crippen LogP contribution >= 0.6 is 0 Å². The average molecular weight is 251 g/mol. The average Bonchev–Trinajstić information content (AvgIpc) is 2.73. The third-order valence-electron chi connectivity index (χ3n) is 2.69. The van der Waals surface area contributed by atoms with Gasteiger partial charge in [0.15, 0.2) is 6.10 Å². The van der Waals surface area contributed by atoms with E-state index < -0.39 is 12.1 Å². The number of hydrogen-bond donors (Lipinski definition) is 2. The minimum atomic E-state index is -0.994. The highest BCUT2D eigenvalue weighted by molar-refractivity contribution is 5.90. The summed E-state index contributed by atoms with van der Waals surface area (Å²) in [5.74, 6) is -0.509. The number of aromatic carboxylic acids is 1. The lowest BCUT2D eigenvalue weighted by atomic mass is 10.1. The van der Waals surface area contributed by atoms with E-state index in [2.05, 4.69) is 5.32 Å². The maximum absolute atomic E-state index is 10.9. The summed E-state index contributed by atoms with van der Waals surface area (Å²) >= 11 is 0. The second-order valence-corrected chi connectivity index (χ2v) is 3.95. The van der Waals surface area contributed by atoms with Crippen LogP contribution in [0, 0.1) is 6.92 Å². The molecule has 1 amide bonds. The summed E-state index contributed by atoms with van der Waals surface area (Å²) in [4.78, 5) is 21.8. The molecule has 0 saturated carbocycles. The van der Waals surface area contributed by atoms with E-state index in [0.717, 1.165) is 0 Å². The highest BCUT2D eigenvalue weighted by Gasteiger charge is 2.23. The first kappa shape index (κ1) is 12.2. The molecule has 1 unspecified atom stereocenters. The normalized spacial score (nSPS) is 18.1. The quantitative estimate of drug-likeness (QED) is 0.839. The molecule has 18 heavy (non-hydrogen) atoms. The minimum absolute atomic E-state index is 0.197. The molecule has 1 aromatic carbocycles. The Kier molecular flexibility index (Phi) is 3.36. The number of rotatable bonds is 4. The molecule has 2 rings (SSSR count). The van der Waals surface area contributed by atoms with Gasteiger partial charge >= 0.3 is 12.1 Å². The van der Waals surface area contributed by atoms with Crippen LogP contribution in [0.2, 0.25) is 0 Å². The molecule has 0 aliphatic carbocycles. The monoisotopic (exact) mass is 251 g/mol. The molecule has 6 nitrogen and oxygen atoms in total. The number of ether oxygens (including phenoxy) is 2. The zero-order chi connectivity index (χ0) is 13.1. The molecule has 6 heteroatoms. The smallest absolute Gasteiger partial charge is 0.407 e. The van der Waals surface area contributed by atoms with Gasteiger partial charge in [0.2, 0.25) is 0 Å². The SMILES string of the molecule is Cc1c(OCC2CNC(=O)O2)cccc1C(=O)O. The molecule has 0 radical (unpaired) electrons. The predicted molar refractivity (Wildman–Crippen MR) is 61.9 cm³/mol. The van der Waals surface area contributed by atoms with E-state index in [1.54, 1.807) is 19.1 Å². The van der Waals surface area contributed by atoms with Crippen molar-refractivity contribution in [2.75, 3.05) is 13.2 Å². The topological polar surface area (TPSA) is 84.9 Å². The molecule has 1 aliphatic heterocycles. The van der Waals surface area contributed by atoms with E-state index in [4.69, 9.17) is 14.6 Å². The zero-order valence-electron chi connectivity index (χ0n) is 9.80. The van der Waals surface area contributed by atoms with Gasteiger partial charge in [-0.3, -0.25) is 0 Å². The van der Waals surface area contributed by atoms with Crippen molar-refractivity contribution in [3.05, 3.63) is 29.3 Å². The van der Waals surface area contributed by atoms with Crippen LogP contribution in [0.3, 0.4) is 0 Å². The highest BCUT2D eigenvalue weighted by atomic mass is 16.6.